The molecule has 0 fully saturated rings. The van der Waals surface area contributed by atoms with E-state index in [1.54, 1.807) is 6.92 Å². The first-order chi connectivity index (χ1) is 17.5. The Balaban J connectivity index is 1.33. The zero-order valence-corrected chi connectivity index (χ0v) is 22.3. The summed E-state index contributed by atoms with van der Waals surface area (Å²) in [5, 5.41) is 4.80. The van der Waals surface area contributed by atoms with E-state index in [0.717, 1.165) is 53.6 Å². The monoisotopic (exact) mass is 518 g/mol. The summed E-state index contributed by atoms with van der Waals surface area (Å²) < 4.78 is 7.57. The van der Waals surface area contributed by atoms with Crippen molar-refractivity contribution in [2.24, 2.45) is 0 Å². The number of hydrogen-bond donors (Lipinski definition) is 1. The molecule has 0 bridgehead atoms. The fourth-order valence-corrected chi connectivity index (χ4v) is 7.03. The van der Waals surface area contributed by atoms with Gasteiger partial charge in [-0.05, 0) is 56.7 Å². The van der Waals surface area contributed by atoms with E-state index in [4.69, 9.17) is 4.74 Å². The highest BCUT2D eigenvalue weighted by molar-refractivity contribution is 8.00. The van der Waals surface area contributed by atoms with Crippen LogP contribution >= 0.6 is 23.1 Å². The number of anilines is 1. The summed E-state index contributed by atoms with van der Waals surface area (Å²) in [6.45, 7) is 5.01. The molecule has 186 valence electrons. The van der Waals surface area contributed by atoms with Crippen molar-refractivity contribution in [3.8, 4) is 0 Å². The Morgan fingerprint density at radius 2 is 1.94 bits per heavy atom. The molecule has 36 heavy (non-hydrogen) atoms. The predicted octanol–water partition coefficient (Wildman–Crippen LogP) is 6.85. The molecule has 1 aliphatic rings. The number of nitrogens with one attached hydrogen (secondary N) is 1. The van der Waals surface area contributed by atoms with Crippen LogP contribution in [-0.4, -0.2) is 28.8 Å². The highest BCUT2D eigenvalue weighted by Gasteiger charge is 2.27. The van der Waals surface area contributed by atoms with Crippen LogP contribution in [0.1, 0.15) is 51.7 Å². The summed E-state index contributed by atoms with van der Waals surface area (Å²) in [5.41, 5.74) is 5.26. The lowest BCUT2D eigenvalue weighted by Crippen LogP contribution is -2.17. The highest BCUT2D eigenvalue weighted by atomic mass is 32.2. The van der Waals surface area contributed by atoms with Gasteiger partial charge in [0.05, 0.1) is 17.9 Å². The number of aryl methyl sites for hydroxylation is 2. The fraction of sp³-hybridized carbons (Fsp3) is 0.310. The summed E-state index contributed by atoms with van der Waals surface area (Å²) >= 11 is 3.06. The topological polar surface area (TPSA) is 60.3 Å². The molecule has 0 saturated heterocycles. The molecular weight excluding hydrogens is 488 g/mol. The number of carbonyl (C=O) groups excluding carboxylic acids is 2. The smallest absolute Gasteiger partial charge is 0.341 e. The van der Waals surface area contributed by atoms with Gasteiger partial charge in [-0.15, -0.1) is 23.1 Å². The Morgan fingerprint density at radius 1 is 1.11 bits per heavy atom. The number of aromatic nitrogens is 1. The van der Waals surface area contributed by atoms with E-state index < -0.39 is 0 Å². The molecule has 0 aliphatic heterocycles. The minimum absolute atomic E-state index is 0.111. The van der Waals surface area contributed by atoms with Gasteiger partial charge in [-0.1, -0.05) is 48.0 Å². The van der Waals surface area contributed by atoms with E-state index >= 15 is 0 Å². The van der Waals surface area contributed by atoms with Crippen LogP contribution in [0.5, 0.6) is 0 Å². The Morgan fingerprint density at radius 3 is 2.78 bits per heavy atom. The van der Waals surface area contributed by atoms with Gasteiger partial charge in [0, 0.05) is 33.4 Å². The molecule has 5 nitrogen and oxygen atoms in total. The maximum Gasteiger partial charge on any atom is 0.341 e. The molecule has 0 saturated carbocycles. The van der Waals surface area contributed by atoms with Gasteiger partial charge in [0.2, 0.25) is 5.91 Å². The quantitative estimate of drug-likeness (QED) is 0.205. The molecule has 7 heteroatoms. The SMILES string of the molecule is CCOC(=O)c1c(NC(=O)CSc2cn(Cc3cccc(C)c3)c3ccccc23)sc2c1CCCC2. The van der Waals surface area contributed by atoms with E-state index in [2.05, 4.69) is 59.4 Å². The average Bonchev–Trinajstić information content (AvgIpc) is 3.41. The lowest BCUT2D eigenvalue weighted by molar-refractivity contribution is -0.113. The van der Waals surface area contributed by atoms with Gasteiger partial charge >= 0.3 is 5.97 Å². The van der Waals surface area contributed by atoms with Gasteiger partial charge < -0.3 is 14.6 Å². The number of thiophene rings is 1. The number of ether oxygens (including phenoxy) is 1. The third kappa shape index (κ3) is 5.22. The maximum absolute atomic E-state index is 13.0. The first kappa shape index (κ1) is 24.7. The van der Waals surface area contributed by atoms with E-state index in [0.29, 0.717) is 17.2 Å². The van der Waals surface area contributed by atoms with Crippen molar-refractivity contribution in [2.75, 3.05) is 17.7 Å². The largest absolute Gasteiger partial charge is 0.462 e. The zero-order valence-electron chi connectivity index (χ0n) is 20.6. The van der Waals surface area contributed by atoms with Crippen molar-refractivity contribution in [1.82, 2.24) is 4.57 Å². The van der Waals surface area contributed by atoms with Gasteiger partial charge in [-0.25, -0.2) is 4.79 Å². The maximum atomic E-state index is 13.0. The molecule has 4 aromatic rings. The molecule has 0 spiro atoms. The van der Waals surface area contributed by atoms with Crippen LogP contribution in [0.15, 0.2) is 59.6 Å². The first-order valence-corrected chi connectivity index (χ1v) is 14.2. The first-order valence-electron chi connectivity index (χ1n) is 12.4. The highest BCUT2D eigenvalue weighted by Crippen LogP contribution is 2.39. The van der Waals surface area contributed by atoms with E-state index in [9.17, 15) is 9.59 Å². The molecule has 0 radical (unpaired) electrons. The van der Waals surface area contributed by atoms with Crippen LogP contribution in [0.25, 0.3) is 10.9 Å². The number of rotatable bonds is 8. The summed E-state index contributed by atoms with van der Waals surface area (Å²) in [5.74, 6) is -0.178. The Kier molecular flexibility index (Phi) is 7.48. The minimum Gasteiger partial charge on any atom is -0.462 e. The standard InChI is InChI=1S/C29H30N2O3S2/c1-3-34-29(33)27-22-12-5-7-14-24(22)36-28(27)30-26(32)18-35-25-17-31(23-13-6-4-11-21(23)25)16-20-10-8-9-19(2)15-20/h4,6,8-11,13,15,17H,3,5,7,12,14,16,18H2,1-2H3,(H,30,32). The second-order valence-corrected chi connectivity index (χ2v) is 11.2. The van der Waals surface area contributed by atoms with Gasteiger partial charge in [0.25, 0.3) is 0 Å². The van der Waals surface area contributed by atoms with Crippen molar-refractivity contribution >= 4 is 50.9 Å². The van der Waals surface area contributed by atoms with Crippen LogP contribution in [0, 0.1) is 6.92 Å². The number of amides is 1. The second kappa shape index (κ2) is 10.9. The number of hydrogen-bond acceptors (Lipinski definition) is 5. The molecule has 1 amide bonds. The number of nitrogens with zero attached hydrogens (tertiary/aromatic N) is 1. The van der Waals surface area contributed by atoms with Gasteiger partial charge in [0.15, 0.2) is 0 Å². The van der Waals surface area contributed by atoms with E-state index in [1.807, 2.05) is 12.1 Å². The summed E-state index contributed by atoms with van der Waals surface area (Å²) in [6, 6.07) is 16.8. The molecule has 2 aromatic heterocycles. The number of carbonyl (C=O) groups is 2. The molecule has 0 unspecified atom stereocenters. The fourth-order valence-electron chi connectivity index (χ4n) is 4.85. The van der Waals surface area contributed by atoms with E-state index in [-0.39, 0.29) is 17.6 Å². The Bertz CT molecular complexity index is 1420. The molecule has 2 heterocycles. The van der Waals surface area contributed by atoms with E-state index in [1.165, 1.54) is 39.1 Å². The molecule has 5 rings (SSSR count). The van der Waals surface area contributed by atoms with Crippen molar-refractivity contribution in [2.45, 2.75) is 51.0 Å². The number of para-hydroxylation sites is 1. The molecule has 0 atom stereocenters. The Hall–Kier alpha value is -3.03. The number of fused-ring (bicyclic) bond motifs is 2. The number of esters is 1. The van der Waals surface area contributed by atoms with Crippen LogP contribution in [-0.2, 0) is 28.9 Å². The third-order valence-electron chi connectivity index (χ3n) is 6.45. The number of benzene rings is 2. The molecule has 1 aliphatic carbocycles. The van der Waals surface area contributed by atoms with Crippen molar-refractivity contribution in [3.63, 3.8) is 0 Å². The molecule has 2 aromatic carbocycles. The van der Waals surface area contributed by atoms with Crippen molar-refractivity contribution < 1.29 is 14.3 Å². The molecule has 1 N–H and O–H groups in total. The lowest BCUT2D eigenvalue weighted by Gasteiger charge is -2.12. The molecular formula is C29H30N2O3S2. The normalized spacial score (nSPS) is 12.9. The van der Waals surface area contributed by atoms with Crippen LogP contribution < -0.4 is 5.32 Å². The second-order valence-electron chi connectivity index (χ2n) is 9.10. The van der Waals surface area contributed by atoms with Crippen molar-refractivity contribution in [1.29, 1.82) is 0 Å². The Labute approximate surface area is 219 Å². The zero-order chi connectivity index (χ0) is 25.1. The van der Waals surface area contributed by atoms with Crippen molar-refractivity contribution in [3.05, 3.63) is 81.9 Å². The average molecular weight is 519 g/mol. The predicted molar refractivity (Wildman–Crippen MR) is 148 cm³/mol. The van der Waals surface area contributed by atoms with Crippen LogP contribution in [0.2, 0.25) is 0 Å². The van der Waals surface area contributed by atoms with Crippen LogP contribution in [0.4, 0.5) is 5.00 Å². The summed E-state index contributed by atoms with van der Waals surface area (Å²) in [4.78, 5) is 28.0. The van der Waals surface area contributed by atoms with Crippen LogP contribution in [0.3, 0.4) is 0 Å². The third-order valence-corrected chi connectivity index (χ3v) is 8.70. The van der Waals surface area contributed by atoms with Gasteiger partial charge in [-0.2, -0.15) is 0 Å². The minimum atomic E-state index is -0.334. The van der Waals surface area contributed by atoms with Gasteiger partial charge in [-0.3, -0.25) is 4.79 Å². The number of thioether (sulfide) groups is 1. The van der Waals surface area contributed by atoms with Gasteiger partial charge in [0.1, 0.15) is 5.00 Å². The lowest BCUT2D eigenvalue weighted by atomic mass is 9.95. The summed E-state index contributed by atoms with van der Waals surface area (Å²) in [6.07, 6.45) is 6.14. The summed E-state index contributed by atoms with van der Waals surface area (Å²) in [7, 11) is 0.